The first kappa shape index (κ1) is 17.5. The lowest BCUT2D eigenvalue weighted by molar-refractivity contribution is -0.114. The minimum absolute atomic E-state index is 0.0439. The Kier molecular flexibility index (Phi) is 5.81. The molecule has 0 amide bonds. The van der Waals surface area contributed by atoms with Crippen LogP contribution in [0.15, 0.2) is 14.7 Å². The molecule has 1 N–H and O–H groups in total. The molecule has 0 saturated carbocycles. The number of Topliss-reactive ketones (excluding diaryl/α,β-unsaturated/α-hetero) is 1. The first-order valence-corrected chi connectivity index (χ1v) is 8.76. The maximum Gasteiger partial charge on any atom is 0.329 e. The van der Waals surface area contributed by atoms with Crippen LogP contribution in [0.4, 0.5) is 0 Å². The van der Waals surface area contributed by atoms with E-state index >= 15 is 0 Å². The van der Waals surface area contributed by atoms with Gasteiger partial charge in [0, 0.05) is 13.6 Å². The number of aromatic amines is 1. The molecule has 126 valence electrons. The largest absolute Gasteiger partial charge is 0.329 e. The Bertz CT molecular complexity index is 818. The van der Waals surface area contributed by atoms with Crippen molar-refractivity contribution >= 4 is 28.7 Å². The van der Waals surface area contributed by atoms with Crippen LogP contribution in [0, 0.1) is 0 Å². The van der Waals surface area contributed by atoms with E-state index in [0.29, 0.717) is 28.6 Å². The van der Waals surface area contributed by atoms with Crippen molar-refractivity contribution in [2.24, 2.45) is 7.05 Å². The number of unbranched alkanes of at least 4 members (excludes halogenated alkanes) is 3. The maximum atomic E-state index is 12.2. The summed E-state index contributed by atoms with van der Waals surface area (Å²) in [6, 6.07) is 0. The van der Waals surface area contributed by atoms with Crippen molar-refractivity contribution in [1.82, 2.24) is 19.1 Å². The molecule has 0 aliphatic carbocycles. The number of thioether (sulfide) groups is 1. The molecule has 23 heavy (non-hydrogen) atoms. The number of ketones is 1. The second-order valence-electron chi connectivity index (χ2n) is 5.59. The van der Waals surface area contributed by atoms with E-state index in [-0.39, 0.29) is 5.78 Å². The Balaban J connectivity index is 2.47. The quantitative estimate of drug-likeness (QED) is 0.584. The highest BCUT2D eigenvalue weighted by atomic mass is 32.2. The molecule has 2 rings (SSSR count). The second kappa shape index (κ2) is 7.63. The number of imidazole rings is 1. The molecule has 7 nitrogen and oxygen atoms in total. The van der Waals surface area contributed by atoms with Gasteiger partial charge in [-0.1, -0.05) is 37.9 Å². The summed E-state index contributed by atoms with van der Waals surface area (Å²) in [6.07, 6.45) is 4.26. The van der Waals surface area contributed by atoms with Gasteiger partial charge in [-0.15, -0.1) is 0 Å². The molecular formula is C15H22N4O3S. The van der Waals surface area contributed by atoms with E-state index in [9.17, 15) is 14.4 Å². The Morgan fingerprint density at radius 1 is 1.26 bits per heavy atom. The van der Waals surface area contributed by atoms with Crippen molar-refractivity contribution in [3.05, 3.63) is 20.8 Å². The van der Waals surface area contributed by atoms with Crippen LogP contribution in [0.5, 0.6) is 0 Å². The van der Waals surface area contributed by atoms with E-state index in [2.05, 4.69) is 16.9 Å². The number of hydrogen-bond acceptors (Lipinski definition) is 5. The summed E-state index contributed by atoms with van der Waals surface area (Å²) < 4.78 is 3.16. The number of rotatable bonds is 8. The standard InChI is InChI=1S/C15H22N4O3S/c1-4-5-6-7-8-19-11-12(16-15(19)23-9-10(2)20)18(3)14(22)17-13(11)21/h4-9H2,1-3H3,(H,17,21,22). The van der Waals surface area contributed by atoms with Crippen molar-refractivity contribution in [3.63, 3.8) is 0 Å². The summed E-state index contributed by atoms with van der Waals surface area (Å²) in [5.74, 6) is 0.340. The van der Waals surface area contributed by atoms with Gasteiger partial charge in [-0.05, 0) is 13.3 Å². The van der Waals surface area contributed by atoms with E-state index in [4.69, 9.17) is 0 Å². The number of nitrogens with zero attached hydrogens (tertiary/aromatic N) is 3. The molecular weight excluding hydrogens is 316 g/mol. The van der Waals surface area contributed by atoms with Crippen LogP contribution in [-0.2, 0) is 18.4 Å². The average Bonchev–Trinajstić information content (AvgIpc) is 2.86. The lowest BCUT2D eigenvalue weighted by Crippen LogP contribution is -2.29. The summed E-state index contributed by atoms with van der Waals surface area (Å²) in [5.41, 5.74) is -0.156. The van der Waals surface area contributed by atoms with E-state index in [1.807, 2.05) is 4.57 Å². The van der Waals surface area contributed by atoms with Gasteiger partial charge >= 0.3 is 5.69 Å². The fourth-order valence-corrected chi connectivity index (χ4v) is 3.22. The van der Waals surface area contributed by atoms with Crippen LogP contribution >= 0.6 is 11.8 Å². The smallest absolute Gasteiger partial charge is 0.313 e. The average molecular weight is 338 g/mol. The number of aromatic nitrogens is 4. The van der Waals surface area contributed by atoms with Crippen LogP contribution < -0.4 is 11.2 Å². The minimum atomic E-state index is -0.485. The van der Waals surface area contributed by atoms with Gasteiger partial charge in [0.15, 0.2) is 16.3 Å². The molecule has 8 heteroatoms. The van der Waals surface area contributed by atoms with Crippen molar-refractivity contribution in [2.45, 2.75) is 51.2 Å². The van der Waals surface area contributed by atoms with Gasteiger partial charge in [0.25, 0.3) is 5.56 Å². The molecule has 0 fully saturated rings. The molecule has 0 aromatic carbocycles. The number of aryl methyl sites for hydroxylation is 2. The van der Waals surface area contributed by atoms with E-state index in [1.54, 1.807) is 7.05 Å². The van der Waals surface area contributed by atoms with Crippen LogP contribution in [0.3, 0.4) is 0 Å². The summed E-state index contributed by atoms with van der Waals surface area (Å²) in [5, 5.41) is 0.610. The van der Waals surface area contributed by atoms with Gasteiger partial charge in [-0.2, -0.15) is 0 Å². The van der Waals surface area contributed by atoms with Crippen molar-refractivity contribution in [3.8, 4) is 0 Å². The predicted octanol–water partition coefficient (Wildman–Crippen LogP) is 1.68. The van der Waals surface area contributed by atoms with E-state index in [0.717, 1.165) is 25.7 Å². The molecule has 0 saturated heterocycles. The van der Waals surface area contributed by atoms with Gasteiger partial charge in [0.05, 0.1) is 5.75 Å². The zero-order valence-corrected chi connectivity index (χ0v) is 14.5. The van der Waals surface area contributed by atoms with Crippen LogP contribution in [0.1, 0.15) is 39.5 Å². The molecule has 2 heterocycles. The number of H-pyrrole nitrogens is 1. The first-order valence-electron chi connectivity index (χ1n) is 7.77. The third-order valence-corrected chi connectivity index (χ3v) is 4.73. The third kappa shape index (κ3) is 3.93. The second-order valence-corrected chi connectivity index (χ2v) is 6.53. The predicted molar refractivity (Wildman–Crippen MR) is 91.1 cm³/mol. The van der Waals surface area contributed by atoms with Crippen molar-refractivity contribution < 1.29 is 4.79 Å². The van der Waals surface area contributed by atoms with Crippen molar-refractivity contribution in [2.75, 3.05) is 5.75 Å². The zero-order chi connectivity index (χ0) is 17.0. The van der Waals surface area contributed by atoms with Gasteiger partial charge in [-0.3, -0.25) is 19.1 Å². The Morgan fingerprint density at radius 2 is 2.00 bits per heavy atom. The summed E-state index contributed by atoms with van der Waals surface area (Å²) in [6.45, 7) is 4.31. The number of hydrogen-bond donors (Lipinski definition) is 1. The Labute approximate surface area is 138 Å². The lowest BCUT2D eigenvalue weighted by atomic mass is 10.2. The van der Waals surface area contributed by atoms with Gasteiger partial charge < -0.3 is 4.57 Å². The first-order chi connectivity index (χ1) is 11.0. The van der Waals surface area contributed by atoms with Crippen LogP contribution in [0.2, 0.25) is 0 Å². The lowest BCUT2D eigenvalue weighted by Gasteiger charge is -2.07. The van der Waals surface area contributed by atoms with E-state index in [1.165, 1.54) is 23.3 Å². The number of nitrogens with one attached hydrogen (secondary N) is 1. The Morgan fingerprint density at radius 3 is 2.65 bits per heavy atom. The molecule has 0 spiro atoms. The van der Waals surface area contributed by atoms with Crippen LogP contribution in [-0.4, -0.2) is 30.6 Å². The third-order valence-electron chi connectivity index (χ3n) is 3.61. The highest BCUT2D eigenvalue weighted by molar-refractivity contribution is 7.99. The number of carbonyl (C=O) groups excluding carboxylic acids is 1. The molecule has 0 atom stereocenters. The summed E-state index contributed by atoms with van der Waals surface area (Å²) >= 11 is 1.30. The summed E-state index contributed by atoms with van der Waals surface area (Å²) in [7, 11) is 1.58. The monoisotopic (exact) mass is 338 g/mol. The fraction of sp³-hybridized carbons (Fsp3) is 0.600. The summed E-state index contributed by atoms with van der Waals surface area (Å²) in [4.78, 5) is 41.9. The van der Waals surface area contributed by atoms with Crippen molar-refractivity contribution in [1.29, 1.82) is 0 Å². The molecule has 0 unspecified atom stereocenters. The van der Waals surface area contributed by atoms with Gasteiger partial charge in [-0.25, -0.2) is 9.78 Å². The highest BCUT2D eigenvalue weighted by Crippen LogP contribution is 2.22. The fourth-order valence-electron chi connectivity index (χ4n) is 2.40. The normalized spacial score (nSPS) is 11.3. The molecule has 0 aliphatic rings. The molecule has 0 bridgehead atoms. The van der Waals surface area contributed by atoms with Gasteiger partial charge in [0.2, 0.25) is 0 Å². The van der Waals surface area contributed by atoms with E-state index < -0.39 is 11.2 Å². The maximum absolute atomic E-state index is 12.2. The molecule has 2 aromatic heterocycles. The molecule has 0 radical (unpaired) electrons. The topological polar surface area (TPSA) is 89.8 Å². The molecule has 0 aliphatic heterocycles. The zero-order valence-electron chi connectivity index (χ0n) is 13.7. The number of carbonyl (C=O) groups is 1. The van der Waals surface area contributed by atoms with Crippen LogP contribution in [0.25, 0.3) is 11.2 Å². The minimum Gasteiger partial charge on any atom is -0.313 e. The number of fused-ring (bicyclic) bond motifs is 1. The van der Waals surface area contributed by atoms with Gasteiger partial charge in [0.1, 0.15) is 5.78 Å². The SMILES string of the molecule is CCCCCCn1c(SCC(C)=O)nc2c1c(=O)[nH]c(=O)n2C. The Hall–Kier alpha value is -1.83. The molecule has 2 aromatic rings. The highest BCUT2D eigenvalue weighted by Gasteiger charge is 2.17.